The maximum atomic E-state index is 12.1. The van der Waals surface area contributed by atoms with Crippen molar-refractivity contribution in [3.8, 4) is 11.5 Å². The van der Waals surface area contributed by atoms with Crippen molar-refractivity contribution >= 4 is 17.5 Å². The predicted octanol–water partition coefficient (Wildman–Crippen LogP) is 2.75. The molecule has 1 aliphatic rings. The molecule has 0 radical (unpaired) electrons. The minimum Gasteiger partial charge on any atom is -0.457 e. The Morgan fingerprint density at radius 1 is 1.00 bits per heavy atom. The molecule has 0 aromatic heterocycles. The molecule has 1 aliphatic heterocycles. The van der Waals surface area contributed by atoms with Gasteiger partial charge in [-0.25, -0.2) is 0 Å². The molecule has 2 aromatic carbocycles. The normalized spacial score (nSPS) is 13.8. The van der Waals surface area contributed by atoms with Crippen LogP contribution in [0.1, 0.15) is 11.1 Å². The van der Waals surface area contributed by atoms with Crippen molar-refractivity contribution in [2.24, 2.45) is 0 Å². The Hall–Kier alpha value is -3.12. The van der Waals surface area contributed by atoms with Gasteiger partial charge >= 0.3 is 0 Å². The molecular formula is C20H20N2O4. The van der Waals surface area contributed by atoms with Crippen molar-refractivity contribution in [3.05, 3.63) is 65.4 Å². The van der Waals surface area contributed by atoms with Gasteiger partial charge in [-0.15, -0.1) is 0 Å². The van der Waals surface area contributed by atoms with E-state index in [1.807, 2.05) is 32.0 Å². The average Bonchev–Trinajstić information content (AvgIpc) is 2.88. The molecule has 2 amide bonds. The first kappa shape index (κ1) is 17.7. The molecule has 0 saturated carbocycles. The Morgan fingerprint density at radius 2 is 1.69 bits per heavy atom. The molecule has 2 N–H and O–H groups in total. The summed E-state index contributed by atoms with van der Waals surface area (Å²) in [7, 11) is 0. The molecule has 6 heteroatoms. The topological polar surface area (TPSA) is 78.9 Å². The molecule has 0 atom stereocenters. The summed E-state index contributed by atoms with van der Waals surface area (Å²) in [4.78, 5) is 24.9. The highest BCUT2D eigenvalue weighted by atomic mass is 16.5. The molecule has 0 aliphatic carbocycles. The maximum Gasteiger partial charge on any atom is 0.277 e. The largest absolute Gasteiger partial charge is 0.457 e. The quantitative estimate of drug-likeness (QED) is 0.782. The number of nitrogens with one attached hydrogen (secondary N) is 1. The van der Waals surface area contributed by atoms with E-state index in [1.165, 1.54) is 11.6 Å². The van der Waals surface area contributed by atoms with Crippen LogP contribution in [-0.2, 0) is 9.59 Å². The Labute approximate surface area is 151 Å². The monoisotopic (exact) mass is 352 g/mol. The molecule has 0 saturated heterocycles. The molecule has 6 nitrogen and oxygen atoms in total. The summed E-state index contributed by atoms with van der Waals surface area (Å²) in [5.41, 5.74) is 3.21. The number of benzene rings is 2. The van der Waals surface area contributed by atoms with Crippen LogP contribution in [0.2, 0.25) is 0 Å². The number of carbonyl (C=O) groups is 2. The summed E-state index contributed by atoms with van der Waals surface area (Å²) in [6.45, 7) is 3.80. The van der Waals surface area contributed by atoms with Crippen LogP contribution in [0.25, 0.3) is 0 Å². The number of rotatable bonds is 6. The number of aryl methyl sites for hydroxylation is 2. The van der Waals surface area contributed by atoms with Crippen molar-refractivity contribution < 1.29 is 19.4 Å². The summed E-state index contributed by atoms with van der Waals surface area (Å²) < 4.78 is 5.83. The maximum absolute atomic E-state index is 12.1. The number of hydrogen-bond acceptors (Lipinski definition) is 5. The fourth-order valence-electron chi connectivity index (χ4n) is 2.59. The van der Waals surface area contributed by atoms with Gasteiger partial charge in [-0.2, -0.15) is 0 Å². The van der Waals surface area contributed by atoms with E-state index in [0.29, 0.717) is 11.4 Å². The summed E-state index contributed by atoms with van der Waals surface area (Å²) in [6.07, 6.45) is 1.23. The first-order valence-corrected chi connectivity index (χ1v) is 8.28. The number of anilines is 1. The molecule has 3 rings (SSSR count). The predicted molar refractivity (Wildman–Crippen MR) is 97.9 cm³/mol. The van der Waals surface area contributed by atoms with Crippen molar-refractivity contribution in [3.63, 3.8) is 0 Å². The van der Waals surface area contributed by atoms with Gasteiger partial charge in [0.25, 0.3) is 11.8 Å². The highest BCUT2D eigenvalue weighted by molar-refractivity contribution is 6.17. The number of imide groups is 1. The first-order valence-electron chi connectivity index (χ1n) is 8.28. The van der Waals surface area contributed by atoms with Crippen molar-refractivity contribution in [1.82, 2.24) is 4.90 Å². The van der Waals surface area contributed by atoms with Gasteiger partial charge in [0.15, 0.2) is 0 Å². The molecule has 0 fully saturated rings. The molecule has 0 unspecified atom stereocenters. The number of nitrogens with zero attached hydrogens (tertiary/aromatic N) is 1. The molecule has 1 heterocycles. The molecular weight excluding hydrogens is 332 g/mol. The number of carbonyl (C=O) groups excluding carboxylic acids is 2. The zero-order chi connectivity index (χ0) is 18.7. The second-order valence-electron chi connectivity index (χ2n) is 6.07. The van der Waals surface area contributed by atoms with Crippen molar-refractivity contribution in [2.75, 3.05) is 18.5 Å². The third kappa shape index (κ3) is 3.75. The van der Waals surface area contributed by atoms with Gasteiger partial charge in [0, 0.05) is 11.8 Å². The Balaban J connectivity index is 1.66. The zero-order valence-electron chi connectivity index (χ0n) is 14.7. The van der Waals surface area contributed by atoms with Gasteiger partial charge in [0.05, 0.1) is 13.2 Å². The Bertz CT molecular complexity index is 872. The van der Waals surface area contributed by atoms with Gasteiger partial charge in [-0.1, -0.05) is 6.07 Å². The van der Waals surface area contributed by atoms with Crippen LogP contribution < -0.4 is 10.1 Å². The van der Waals surface area contributed by atoms with E-state index in [0.717, 1.165) is 16.2 Å². The van der Waals surface area contributed by atoms with Crippen LogP contribution in [0.3, 0.4) is 0 Å². The molecule has 0 bridgehead atoms. The lowest BCUT2D eigenvalue weighted by Gasteiger charge is -2.13. The number of ether oxygens (including phenoxy) is 1. The van der Waals surface area contributed by atoms with Gasteiger partial charge in [0.1, 0.15) is 17.2 Å². The molecule has 0 spiro atoms. The second-order valence-corrected chi connectivity index (χ2v) is 6.07. The lowest BCUT2D eigenvalue weighted by atomic mass is 10.1. The summed E-state index contributed by atoms with van der Waals surface area (Å²) >= 11 is 0. The highest BCUT2D eigenvalue weighted by Gasteiger charge is 2.30. The third-order valence-electron chi connectivity index (χ3n) is 4.18. The van der Waals surface area contributed by atoms with Crippen molar-refractivity contribution in [2.45, 2.75) is 13.8 Å². The van der Waals surface area contributed by atoms with E-state index >= 15 is 0 Å². The van der Waals surface area contributed by atoms with Gasteiger partial charge in [-0.3, -0.25) is 14.5 Å². The van der Waals surface area contributed by atoms with Gasteiger partial charge in [0.2, 0.25) is 0 Å². The van der Waals surface area contributed by atoms with E-state index in [-0.39, 0.29) is 18.8 Å². The smallest absolute Gasteiger partial charge is 0.277 e. The van der Waals surface area contributed by atoms with E-state index in [2.05, 4.69) is 5.32 Å². The highest BCUT2D eigenvalue weighted by Crippen LogP contribution is 2.26. The SMILES string of the molecule is Cc1ccc(Oc2ccc(NC3=CC(=O)N(CCO)C3=O)cc2)cc1C. The fourth-order valence-corrected chi connectivity index (χ4v) is 2.59. The van der Waals surface area contributed by atoms with Crippen LogP contribution in [0.4, 0.5) is 5.69 Å². The average molecular weight is 352 g/mol. The third-order valence-corrected chi connectivity index (χ3v) is 4.18. The van der Waals surface area contributed by atoms with Crippen LogP contribution in [0.15, 0.2) is 54.2 Å². The van der Waals surface area contributed by atoms with Crippen LogP contribution in [0.5, 0.6) is 11.5 Å². The summed E-state index contributed by atoms with van der Waals surface area (Å²) in [6, 6.07) is 13.0. The second kappa shape index (κ2) is 7.41. The van der Waals surface area contributed by atoms with E-state index in [1.54, 1.807) is 24.3 Å². The first-order chi connectivity index (χ1) is 12.5. The lowest BCUT2D eigenvalue weighted by Crippen LogP contribution is -2.34. The van der Waals surface area contributed by atoms with E-state index in [9.17, 15) is 9.59 Å². The number of aliphatic hydroxyl groups excluding tert-OH is 1. The van der Waals surface area contributed by atoms with E-state index in [4.69, 9.17) is 9.84 Å². The van der Waals surface area contributed by atoms with Gasteiger partial charge in [-0.05, 0) is 61.4 Å². The van der Waals surface area contributed by atoms with Gasteiger partial charge < -0.3 is 15.2 Å². The summed E-state index contributed by atoms with van der Waals surface area (Å²) in [5.74, 6) is 0.553. The Morgan fingerprint density at radius 3 is 2.35 bits per heavy atom. The lowest BCUT2D eigenvalue weighted by molar-refractivity contribution is -0.137. The molecule has 134 valence electrons. The minimum absolute atomic E-state index is 0.0118. The summed E-state index contributed by atoms with van der Waals surface area (Å²) in [5, 5.41) is 11.8. The molecule has 26 heavy (non-hydrogen) atoms. The fraction of sp³-hybridized carbons (Fsp3) is 0.200. The van der Waals surface area contributed by atoms with E-state index < -0.39 is 11.8 Å². The minimum atomic E-state index is -0.445. The molecule has 2 aromatic rings. The van der Waals surface area contributed by atoms with Crippen LogP contribution in [0, 0.1) is 13.8 Å². The number of amides is 2. The standard InChI is InChI=1S/C20H20N2O4/c1-13-3-6-17(11-14(13)2)26-16-7-4-15(5-8-16)21-18-12-19(24)22(9-10-23)20(18)25/h3-8,11-12,21,23H,9-10H2,1-2H3. The zero-order valence-corrected chi connectivity index (χ0v) is 14.7. The Kier molecular flexibility index (Phi) is 5.04. The van der Waals surface area contributed by atoms with Crippen LogP contribution in [-0.4, -0.2) is 35.0 Å². The number of β-amino-alcohol motifs (C(OH)–C–C–N with tert-alkyl or cyclic N) is 1. The number of aliphatic hydroxyl groups is 1. The van der Waals surface area contributed by atoms with Crippen LogP contribution >= 0.6 is 0 Å². The van der Waals surface area contributed by atoms with Crippen molar-refractivity contribution in [1.29, 1.82) is 0 Å². The number of hydrogen-bond donors (Lipinski definition) is 2.